The number of para-hydroxylation sites is 1. The van der Waals surface area contributed by atoms with Crippen molar-refractivity contribution in [2.24, 2.45) is 0 Å². The second kappa shape index (κ2) is 9.95. The number of amides is 1. The minimum atomic E-state index is -3.90. The summed E-state index contributed by atoms with van der Waals surface area (Å²) >= 11 is 6.07. The van der Waals surface area contributed by atoms with Gasteiger partial charge in [0.15, 0.2) is 6.10 Å². The summed E-state index contributed by atoms with van der Waals surface area (Å²) in [5.41, 5.74) is 2.24. The van der Waals surface area contributed by atoms with Crippen molar-refractivity contribution in [1.82, 2.24) is 5.32 Å². The number of hydrogen-bond acceptors (Lipinski definition) is 5. The summed E-state index contributed by atoms with van der Waals surface area (Å²) < 4.78 is 39.7. The van der Waals surface area contributed by atoms with Crippen molar-refractivity contribution in [2.45, 2.75) is 24.8 Å². The minimum Gasteiger partial charge on any atom is -0.490 e. The summed E-state index contributed by atoms with van der Waals surface area (Å²) in [6.07, 6.45) is -1.02. The zero-order valence-corrected chi connectivity index (χ0v) is 20.4. The highest BCUT2D eigenvalue weighted by Crippen LogP contribution is 2.37. The summed E-state index contributed by atoms with van der Waals surface area (Å²) in [7, 11) is -3.90. The minimum absolute atomic E-state index is 0.149. The molecule has 0 radical (unpaired) electrons. The van der Waals surface area contributed by atoms with Gasteiger partial charge in [0.1, 0.15) is 18.1 Å². The first-order chi connectivity index (χ1) is 16.3. The van der Waals surface area contributed by atoms with E-state index in [2.05, 4.69) is 5.32 Å². The van der Waals surface area contributed by atoms with E-state index in [9.17, 15) is 13.2 Å². The van der Waals surface area contributed by atoms with E-state index < -0.39 is 22.0 Å². The summed E-state index contributed by atoms with van der Waals surface area (Å²) in [5.74, 6) is 0.431. The Morgan fingerprint density at radius 1 is 1.09 bits per heavy atom. The molecule has 1 heterocycles. The smallest absolute Gasteiger partial charge is 0.264 e. The number of sulfonamides is 1. The molecule has 0 bridgehead atoms. The molecule has 3 aromatic rings. The first kappa shape index (κ1) is 23.9. The van der Waals surface area contributed by atoms with Gasteiger partial charge in [-0.3, -0.25) is 9.10 Å². The van der Waals surface area contributed by atoms with Crippen LogP contribution in [0.25, 0.3) is 0 Å². The molecule has 0 saturated carbocycles. The second-order valence-electron chi connectivity index (χ2n) is 8.00. The fourth-order valence-corrected chi connectivity index (χ4v) is 5.24. The molecule has 4 rings (SSSR count). The molecule has 0 aliphatic carbocycles. The van der Waals surface area contributed by atoms with Crippen LogP contribution in [-0.2, 0) is 14.8 Å². The number of nitrogens with zero attached hydrogens (tertiary/aromatic N) is 1. The molecule has 0 aromatic heterocycles. The molecule has 0 spiro atoms. The van der Waals surface area contributed by atoms with Gasteiger partial charge in [0, 0.05) is 0 Å². The normalized spacial score (nSPS) is 15.3. The van der Waals surface area contributed by atoms with Crippen LogP contribution in [0.3, 0.4) is 0 Å². The average Bonchev–Trinajstić information content (AvgIpc) is 2.82. The number of carbonyl (C=O) groups excluding carboxylic acids is 1. The zero-order valence-electron chi connectivity index (χ0n) is 18.8. The number of anilines is 1. The van der Waals surface area contributed by atoms with Crippen LogP contribution in [-0.4, -0.2) is 40.1 Å². The van der Waals surface area contributed by atoms with Gasteiger partial charge >= 0.3 is 0 Å². The molecular weight excluding hydrogens is 476 g/mol. The van der Waals surface area contributed by atoms with Crippen molar-refractivity contribution >= 4 is 33.2 Å². The van der Waals surface area contributed by atoms with Crippen LogP contribution in [0.4, 0.5) is 5.69 Å². The Morgan fingerprint density at radius 3 is 2.53 bits per heavy atom. The second-order valence-corrected chi connectivity index (χ2v) is 10.3. The molecule has 1 amide bonds. The summed E-state index contributed by atoms with van der Waals surface area (Å²) in [6.45, 7) is 4.01. The highest BCUT2D eigenvalue weighted by Gasteiger charge is 2.37. The molecule has 34 heavy (non-hydrogen) atoms. The summed E-state index contributed by atoms with van der Waals surface area (Å²) in [5, 5.41) is 3.23. The van der Waals surface area contributed by atoms with Crippen molar-refractivity contribution < 1.29 is 22.7 Å². The predicted molar refractivity (Wildman–Crippen MR) is 131 cm³/mol. The molecule has 7 nitrogen and oxygen atoms in total. The lowest BCUT2D eigenvalue weighted by Gasteiger charge is -2.35. The Balaban J connectivity index is 1.50. The molecule has 3 aromatic carbocycles. The van der Waals surface area contributed by atoms with E-state index in [1.807, 2.05) is 19.9 Å². The summed E-state index contributed by atoms with van der Waals surface area (Å²) in [6, 6.07) is 18.9. The molecule has 1 aliphatic rings. The quantitative estimate of drug-likeness (QED) is 0.493. The third kappa shape index (κ3) is 5.13. The standard InChI is InChI=1S/C25H25ClN2O5S/c1-17-7-10-19(11-8-17)34(30,31)28-16-24(33-23-15-18(2)9-12-21(23)28)25(29)27-13-14-32-22-6-4-3-5-20(22)26/h3-12,15,24H,13-14,16H2,1-2H3,(H,27,29)/t24-/m1/s1. The van der Waals surface area contributed by atoms with Gasteiger partial charge in [-0.05, 0) is 55.8 Å². The van der Waals surface area contributed by atoms with Gasteiger partial charge in [0.05, 0.1) is 28.7 Å². The fraction of sp³-hybridized carbons (Fsp3) is 0.240. The van der Waals surface area contributed by atoms with Crippen molar-refractivity contribution in [1.29, 1.82) is 0 Å². The van der Waals surface area contributed by atoms with Crippen LogP contribution in [0.2, 0.25) is 5.02 Å². The van der Waals surface area contributed by atoms with Gasteiger partial charge in [-0.1, -0.05) is 47.5 Å². The number of nitrogens with one attached hydrogen (secondary N) is 1. The first-order valence-electron chi connectivity index (χ1n) is 10.8. The van der Waals surface area contributed by atoms with Crippen molar-refractivity contribution in [3.05, 3.63) is 82.9 Å². The van der Waals surface area contributed by atoms with Gasteiger partial charge < -0.3 is 14.8 Å². The van der Waals surface area contributed by atoms with E-state index in [1.54, 1.807) is 60.7 Å². The third-order valence-corrected chi connectivity index (χ3v) is 7.49. The number of rotatable bonds is 7. The Kier molecular flexibility index (Phi) is 7.00. The van der Waals surface area contributed by atoms with Crippen LogP contribution in [0.15, 0.2) is 71.6 Å². The molecular formula is C25H25ClN2O5S. The zero-order chi connectivity index (χ0) is 24.3. The maximum Gasteiger partial charge on any atom is 0.264 e. The maximum atomic E-state index is 13.5. The lowest BCUT2D eigenvalue weighted by atomic mass is 10.1. The van der Waals surface area contributed by atoms with E-state index in [-0.39, 0.29) is 24.6 Å². The van der Waals surface area contributed by atoms with E-state index in [4.69, 9.17) is 21.1 Å². The number of halogens is 1. The monoisotopic (exact) mass is 500 g/mol. The predicted octanol–water partition coefficient (Wildman–Crippen LogP) is 4.11. The number of benzene rings is 3. The molecule has 0 unspecified atom stereocenters. The molecule has 1 aliphatic heterocycles. The Bertz CT molecular complexity index is 1290. The van der Waals surface area contributed by atoms with Gasteiger partial charge in [-0.15, -0.1) is 0 Å². The largest absolute Gasteiger partial charge is 0.490 e. The Labute approximate surface area is 204 Å². The SMILES string of the molecule is Cc1ccc(S(=O)(=O)N2C[C@H](C(=O)NCCOc3ccccc3Cl)Oc3cc(C)ccc32)cc1. The lowest BCUT2D eigenvalue weighted by Crippen LogP contribution is -2.51. The highest BCUT2D eigenvalue weighted by molar-refractivity contribution is 7.92. The van der Waals surface area contributed by atoms with E-state index in [0.29, 0.717) is 22.2 Å². The lowest BCUT2D eigenvalue weighted by molar-refractivity contribution is -0.127. The molecule has 0 fully saturated rings. The number of aryl methyl sites for hydroxylation is 2. The first-order valence-corrected chi connectivity index (χ1v) is 12.6. The maximum absolute atomic E-state index is 13.5. The molecule has 1 atom stereocenters. The molecule has 9 heteroatoms. The van der Waals surface area contributed by atoms with Gasteiger partial charge in [-0.25, -0.2) is 8.42 Å². The van der Waals surface area contributed by atoms with Gasteiger partial charge in [0.25, 0.3) is 15.9 Å². The molecule has 1 N–H and O–H groups in total. The van der Waals surface area contributed by atoms with Crippen molar-refractivity contribution in [3.63, 3.8) is 0 Å². The topological polar surface area (TPSA) is 84.9 Å². The van der Waals surface area contributed by atoms with Crippen LogP contribution in [0.5, 0.6) is 11.5 Å². The number of hydrogen-bond donors (Lipinski definition) is 1. The number of fused-ring (bicyclic) bond motifs is 1. The van der Waals surface area contributed by atoms with Gasteiger partial charge in [-0.2, -0.15) is 0 Å². The average molecular weight is 501 g/mol. The third-order valence-electron chi connectivity index (χ3n) is 5.38. The number of ether oxygens (including phenoxy) is 2. The highest BCUT2D eigenvalue weighted by atomic mass is 35.5. The fourth-order valence-electron chi connectivity index (χ4n) is 3.57. The van der Waals surface area contributed by atoms with E-state index in [0.717, 1.165) is 11.1 Å². The Hall–Kier alpha value is -3.23. The van der Waals surface area contributed by atoms with Gasteiger partial charge in [0.2, 0.25) is 0 Å². The van der Waals surface area contributed by atoms with Crippen LogP contribution >= 0.6 is 11.6 Å². The molecule has 0 saturated heterocycles. The van der Waals surface area contributed by atoms with Crippen LogP contribution in [0.1, 0.15) is 11.1 Å². The van der Waals surface area contributed by atoms with E-state index >= 15 is 0 Å². The molecule has 178 valence electrons. The van der Waals surface area contributed by atoms with Crippen molar-refractivity contribution in [2.75, 3.05) is 24.0 Å². The summed E-state index contributed by atoms with van der Waals surface area (Å²) in [4.78, 5) is 13.0. The van der Waals surface area contributed by atoms with Crippen LogP contribution < -0.4 is 19.1 Å². The van der Waals surface area contributed by atoms with Crippen LogP contribution in [0, 0.1) is 13.8 Å². The van der Waals surface area contributed by atoms with E-state index in [1.165, 1.54) is 4.31 Å². The Morgan fingerprint density at radius 2 is 1.79 bits per heavy atom. The number of carbonyl (C=O) groups is 1. The van der Waals surface area contributed by atoms with Crippen molar-refractivity contribution in [3.8, 4) is 11.5 Å².